The minimum Gasteiger partial charge on any atom is -0.375 e. The SMILES string of the molecule is Cc1nc(N)sc1S(=O)(=O)NCC1(C)CCCCC1. The number of anilines is 1. The first kappa shape index (κ1) is 14.7. The van der Waals surface area contributed by atoms with Crippen molar-refractivity contribution in [2.45, 2.75) is 50.2 Å². The van der Waals surface area contributed by atoms with E-state index >= 15 is 0 Å². The second-order valence-corrected chi connectivity index (χ2v) is 8.61. The van der Waals surface area contributed by atoms with Crippen molar-refractivity contribution in [3.8, 4) is 0 Å². The molecule has 108 valence electrons. The van der Waals surface area contributed by atoms with Crippen molar-refractivity contribution in [1.29, 1.82) is 0 Å². The molecule has 0 amide bonds. The molecule has 2 rings (SSSR count). The Balaban J connectivity index is 2.07. The zero-order chi connectivity index (χ0) is 14.1. The van der Waals surface area contributed by atoms with Gasteiger partial charge in [0.2, 0.25) is 0 Å². The fourth-order valence-electron chi connectivity index (χ4n) is 2.57. The highest BCUT2D eigenvalue weighted by molar-refractivity contribution is 7.91. The van der Waals surface area contributed by atoms with E-state index in [1.807, 2.05) is 0 Å². The monoisotopic (exact) mass is 303 g/mol. The van der Waals surface area contributed by atoms with Gasteiger partial charge in [0.1, 0.15) is 0 Å². The highest BCUT2D eigenvalue weighted by atomic mass is 32.2. The number of aryl methyl sites for hydroxylation is 1. The molecule has 0 radical (unpaired) electrons. The minimum absolute atomic E-state index is 0.0788. The maximum Gasteiger partial charge on any atom is 0.252 e. The zero-order valence-corrected chi connectivity index (χ0v) is 13.0. The summed E-state index contributed by atoms with van der Waals surface area (Å²) in [6.45, 7) is 4.32. The van der Waals surface area contributed by atoms with Crippen molar-refractivity contribution in [1.82, 2.24) is 9.71 Å². The van der Waals surface area contributed by atoms with Gasteiger partial charge in [-0.05, 0) is 25.2 Å². The second-order valence-electron chi connectivity index (χ2n) is 5.62. The molecule has 3 N–H and O–H groups in total. The van der Waals surface area contributed by atoms with E-state index in [9.17, 15) is 8.42 Å². The number of hydrogen-bond acceptors (Lipinski definition) is 5. The van der Waals surface area contributed by atoms with Gasteiger partial charge in [0.05, 0.1) is 5.69 Å². The molecule has 1 aromatic heterocycles. The lowest BCUT2D eigenvalue weighted by Crippen LogP contribution is -2.36. The second kappa shape index (κ2) is 5.38. The molecule has 0 aromatic carbocycles. The summed E-state index contributed by atoms with van der Waals surface area (Å²) in [5.74, 6) is 0. The highest BCUT2D eigenvalue weighted by Crippen LogP contribution is 2.35. The number of nitrogens with one attached hydrogen (secondary N) is 1. The third kappa shape index (κ3) is 3.46. The largest absolute Gasteiger partial charge is 0.375 e. The summed E-state index contributed by atoms with van der Waals surface area (Å²) in [6.07, 6.45) is 5.79. The van der Waals surface area contributed by atoms with Crippen LogP contribution in [0.1, 0.15) is 44.7 Å². The van der Waals surface area contributed by atoms with Gasteiger partial charge in [-0.15, -0.1) is 0 Å². The first-order valence-electron chi connectivity index (χ1n) is 6.55. The van der Waals surface area contributed by atoms with Crippen LogP contribution in [0.5, 0.6) is 0 Å². The molecule has 19 heavy (non-hydrogen) atoms. The van der Waals surface area contributed by atoms with Gasteiger partial charge < -0.3 is 5.73 Å². The van der Waals surface area contributed by atoms with Crippen molar-refractivity contribution >= 4 is 26.5 Å². The summed E-state index contributed by atoms with van der Waals surface area (Å²) in [6, 6.07) is 0. The fraction of sp³-hybridized carbons (Fsp3) is 0.750. The molecular weight excluding hydrogens is 282 g/mol. The lowest BCUT2D eigenvalue weighted by Gasteiger charge is -2.33. The zero-order valence-electron chi connectivity index (χ0n) is 11.4. The number of nitrogens with two attached hydrogens (primary N) is 1. The van der Waals surface area contributed by atoms with Gasteiger partial charge in [0.15, 0.2) is 9.34 Å². The number of aromatic nitrogens is 1. The molecule has 1 fully saturated rings. The average molecular weight is 303 g/mol. The maximum atomic E-state index is 12.3. The Morgan fingerprint density at radius 3 is 2.53 bits per heavy atom. The summed E-state index contributed by atoms with van der Waals surface area (Å²) >= 11 is 1.02. The summed E-state index contributed by atoms with van der Waals surface area (Å²) in [7, 11) is -3.48. The Labute approximate surface area is 118 Å². The quantitative estimate of drug-likeness (QED) is 0.893. The van der Waals surface area contributed by atoms with Gasteiger partial charge in [0, 0.05) is 6.54 Å². The molecule has 1 heterocycles. The van der Waals surface area contributed by atoms with Gasteiger partial charge in [-0.3, -0.25) is 0 Å². The first-order valence-corrected chi connectivity index (χ1v) is 8.85. The van der Waals surface area contributed by atoms with Crippen molar-refractivity contribution in [2.75, 3.05) is 12.3 Å². The van der Waals surface area contributed by atoms with Crippen molar-refractivity contribution in [3.05, 3.63) is 5.69 Å². The van der Waals surface area contributed by atoms with Crippen molar-refractivity contribution in [2.24, 2.45) is 5.41 Å². The predicted octanol–water partition coefficient (Wildman–Crippen LogP) is 2.28. The third-order valence-electron chi connectivity index (χ3n) is 3.76. The Kier molecular flexibility index (Phi) is 4.17. The van der Waals surface area contributed by atoms with E-state index in [2.05, 4.69) is 16.6 Å². The summed E-state index contributed by atoms with van der Waals surface area (Å²) in [5.41, 5.74) is 6.11. The average Bonchev–Trinajstić information content (AvgIpc) is 2.68. The number of rotatable bonds is 4. The number of nitrogen functional groups attached to an aromatic ring is 1. The molecular formula is C12H21N3O2S2. The Morgan fingerprint density at radius 1 is 1.37 bits per heavy atom. The number of nitrogens with zero attached hydrogens (tertiary/aromatic N) is 1. The van der Waals surface area contributed by atoms with Gasteiger partial charge in [-0.1, -0.05) is 37.5 Å². The van der Waals surface area contributed by atoms with E-state index in [1.165, 1.54) is 19.3 Å². The van der Waals surface area contributed by atoms with Crippen LogP contribution in [0.3, 0.4) is 0 Å². The van der Waals surface area contributed by atoms with Gasteiger partial charge in [-0.2, -0.15) is 0 Å². The lowest BCUT2D eigenvalue weighted by molar-refractivity contribution is 0.219. The van der Waals surface area contributed by atoms with E-state index in [0.29, 0.717) is 17.4 Å². The highest BCUT2D eigenvalue weighted by Gasteiger charge is 2.30. The maximum absolute atomic E-state index is 12.3. The molecule has 0 bridgehead atoms. The molecule has 0 unspecified atom stereocenters. The molecule has 7 heteroatoms. The summed E-state index contributed by atoms with van der Waals surface area (Å²) in [5, 5.41) is 0.293. The van der Waals surface area contributed by atoms with Crippen LogP contribution >= 0.6 is 11.3 Å². The normalized spacial score (nSPS) is 19.5. The Bertz CT molecular complexity index is 545. The van der Waals surface area contributed by atoms with Crippen molar-refractivity contribution in [3.63, 3.8) is 0 Å². The standard InChI is InChI=1S/C12H21N3O2S2/c1-9-10(18-11(13)15-9)19(16,17)14-8-12(2)6-4-3-5-7-12/h14H,3-8H2,1-2H3,(H2,13,15). The van der Waals surface area contributed by atoms with Crippen LogP contribution < -0.4 is 10.5 Å². The Morgan fingerprint density at radius 2 is 2.00 bits per heavy atom. The van der Waals surface area contributed by atoms with Crippen LogP contribution in [0.2, 0.25) is 0 Å². The van der Waals surface area contributed by atoms with E-state index in [4.69, 9.17) is 5.73 Å². The van der Waals surface area contributed by atoms with E-state index < -0.39 is 10.0 Å². The van der Waals surface area contributed by atoms with Crippen LogP contribution in [0.15, 0.2) is 4.21 Å². The predicted molar refractivity (Wildman–Crippen MR) is 77.6 cm³/mol. The molecule has 1 aliphatic carbocycles. The molecule has 0 atom stereocenters. The van der Waals surface area contributed by atoms with Crippen LogP contribution in [-0.4, -0.2) is 19.9 Å². The van der Waals surface area contributed by atoms with Crippen LogP contribution in [0.4, 0.5) is 5.13 Å². The fourth-order valence-corrected chi connectivity index (χ4v) is 5.11. The van der Waals surface area contributed by atoms with Gasteiger partial charge in [-0.25, -0.2) is 18.1 Å². The molecule has 0 saturated heterocycles. The van der Waals surface area contributed by atoms with Gasteiger partial charge >= 0.3 is 0 Å². The van der Waals surface area contributed by atoms with Crippen LogP contribution in [0, 0.1) is 12.3 Å². The van der Waals surface area contributed by atoms with E-state index in [-0.39, 0.29) is 9.62 Å². The van der Waals surface area contributed by atoms with E-state index in [1.54, 1.807) is 6.92 Å². The molecule has 1 aliphatic rings. The third-order valence-corrected chi connectivity index (χ3v) is 6.76. The topological polar surface area (TPSA) is 85.1 Å². The number of thiazole rings is 1. The molecule has 5 nitrogen and oxygen atoms in total. The van der Waals surface area contributed by atoms with Crippen molar-refractivity contribution < 1.29 is 8.42 Å². The molecule has 0 spiro atoms. The Hall–Kier alpha value is -0.660. The first-order chi connectivity index (χ1) is 8.82. The molecule has 1 saturated carbocycles. The smallest absolute Gasteiger partial charge is 0.252 e. The number of hydrogen-bond donors (Lipinski definition) is 2. The van der Waals surface area contributed by atoms with Gasteiger partial charge in [0.25, 0.3) is 10.0 Å². The molecule has 1 aromatic rings. The van der Waals surface area contributed by atoms with E-state index in [0.717, 1.165) is 24.2 Å². The van der Waals surface area contributed by atoms with Crippen LogP contribution in [0.25, 0.3) is 0 Å². The lowest BCUT2D eigenvalue weighted by atomic mass is 9.76. The van der Waals surface area contributed by atoms with Crippen LogP contribution in [-0.2, 0) is 10.0 Å². The minimum atomic E-state index is -3.48. The summed E-state index contributed by atoms with van der Waals surface area (Å²) < 4.78 is 27.5. The molecule has 0 aliphatic heterocycles. The summed E-state index contributed by atoms with van der Waals surface area (Å²) in [4.78, 5) is 3.97. The number of sulfonamides is 1.